The highest BCUT2D eigenvalue weighted by molar-refractivity contribution is 9.09. The van der Waals surface area contributed by atoms with Crippen molar-refractivity contribution >= 4 is 39.1 Å². The second kappa shape index (κ2) is 5.38. The van der Waals surface area contributed by atoms with Crippen LogP contribution in [0.1, 0.15) is 16.0 Å². The van der Waals surface area contributed by atoms with Crippen LogP contribution in [0.15, 0.2) is 42.5 Å². The lowest BCUT2D eigenvalue weighted by Gasteiger charge is -2.12. The van der Waals surface area contributed by atoms with Crippen molar-refractivity contribution in [3.05, 3.63) is 69.5 Å². The van der Waals surface area contributed by atoms with Gasteiger partial charge in [0, 0.05) is 10.0 Å². The molecule has 0 fully saturated rings. The summed E-state index contributed by atoms with van der Waals surface area (Å²) in [5.74, 6) is -0.254. The van der Waals surface area contributed by atoms with Gasteiger partial charge in [0.25, 0.3) is 0 Å². The molecule has 0 N–H and O–H groups in total. The summed E-state index contributed by atoms with van der Waals surface area (Å²) in [4.78, 5) is -0.0760. The molecule has 1 unspecified atom stereocenters. The largest absolute Gasteiger partial charge is 0.207 e. The van der Waals surface area contributed by atoms with E-state index >= 15 is 0 Å². The number of halogens is 4. The molecule has 0 spiro atoms. The first-order valence-corrected chi connectivity index (χ1v) is 6.59. The Balaban J connectivity index is 2.36. The first kappa shape index (κ1) is 12.9. The van der Waals surface area contributed by atoms with E-state index < -0.39 is 0 Å². The highest BCUT2D eigenvalue weighted by atomic mass is 79.9. The minimum atomic E-state index is -0.254. The van der Waals surface area contributed by atoms with Crippen LogP contribution in [-0.2, 0) is 0 Å². The molecule has 1 atom stereocenters. The molecule has 0 amide bonds. The first-order valence-electron chi connectivity index (χ1n) is 4.92. The molecule has 88 valence electrons. The lowest BCUT2D eigenvalue weighted by molar-refractivity contribution is 0.627. The Morgan fingerprint density at radius 1 is 1.00 bits per heavy atom. The van der Waals surface area contributed by atoms with Gasteiger partial charge in [-0.2, -0.15) is 0 Å². The van der Waals surface area contributed by atoms with E-state index in [0.29, 0.717) is 10.0 Å². The van der Waals surface area contributed by atoms with E-state index in [0.717, 1.165) is 11.1 Å². The third-order valence-corrected chi connectivity index (χ3v) is 3.98. The molecule has 0 nitrogen and oxygen atoms in total. The van der Waals surface area contributed by atoms with E-state index in [1.165, 1.54) is 12.1 Å². The molecule has 2 aromatic rings. The first-order chi connectivity index (χ1) is 8.08. The zero-order valence-electron chi connectivity index (χ0n) is 8.63. The molecule has 0 radical (unpaired) electrons. The fourth-order valence-electron chi connectivity index (χ4n) is 1.52. The van der Waals surface area contributed by atoms with Crippen LogP contribution >= 0.6 is 39.1 Å². The lowest BCUT2D eigenvalue weighted by Crippen LogP contribution is -1.94. The summed E-state index contributed by atoms with van der Waals surface area (Å²) in [6.45, 7) is 0. The van der Waals surface area contributed by atoms with Gasteiger partial charge in [0.1, 0.15) is 5.82 Å². The van der Waals surface area contributed by atoms with Crippen molar-refractivity contribution in [2.24, 2.45) is 0 Å². The van der Waals surface area contributed by atoms with E-state index in [2.05, 4.69) is 15.9 Å². The SMILES string of the molecule is Fc1ccc(C(Br)c2ccc(Cl)cc2Cl)cc1. The molecule has 2 aromatic carbocycles. The molecular weight excluding hydrogens is 326 g/mol. The van der Waals surface area contributed by atoms with Crippen molar-refractivity contribution < 1.29 is 4.39 Å². The van der Waals surface area contributed by atoms with Crippen molar-refractivity contribution in [2.45, 2.75) is 4.83 Å². The molecule has 0 bridgehead atoms. The molecule has 0 aliphatic rings. The zero-order chi connectivity index (χ0) is 12.4. The number of benzene rings is 2. The van der Waals surface area contributed by atoms with Crippen molar-refractivity contribution in [1.82, 2.24) is 0 Å². The van der Waals surface area contributed by atoms with Crippen LogP contribution in [0.25, 0.3) is 0 Å². The van der Waals surface area contributed by atoms with Gasteiger partial charge in [-0.25, -0.2) is 4.39 Å². The smallest absolute Gasteiger partial charge is 0.123 e. The normalized spacial score (nSPS) is 12.5. The van der Waals surface area contributed by atoms with Crippen molar-refractivity contribution in [2.75, 3.05) is 0 Å². The third-order valence-electron chi connectivity index (χ3n) is 2.40. The second-order valence-electron chi connectivity index (χ2n) is 3.58. The Labute approximate surface area is 117 Å². The topological polar surface area (TPSA) is 0 Å². The zero-order valence-corrected chi connectivity index (χ0v) is 11.7. The van der Waals surface area contributed by atoms with E-state index in [-0.39, 0.29) is 10.6 Å². The van der Waals surface area contributed by atoms with Crippen LogP contribution in [0.4, 0.5) is 4.39 Å². The Morgan fingerprint density at radius 3 is 2.24 bits per heavy atom. The maximum absolute atomic E-state index is 12.8. The van der Waals surface area contributed by atoms with E-state index in [1.807, 2.05) is 6.07 Å². The maximum Gasteiger partial charge on any atom is 0.123 e. The Bertz CT molecular complexity index is 525. The third kappa shape index (κ3) is 3.01. The predicted molar refractivity (Wildman–Crippen MR) is 73.6 cm³/mol. The molecule has 2 rings (SSSR count). The summed E-state index contributed by atoms with van der Waals surface area (Å²) in [6.07, 6.45) is 0. The Kier molecular flexibility index (Phi) is 4.08. The molecule has 0 saturated heterocycles. The molecule has 0 heterocycles. The van der Waals surface area contributed by atoms with Gasteiger partial charge in [0.2, 0.25) is 0 Å². The van der Waals surface area contributed by atoms with Crippen LogP contribution < -0.4 is 0 Å². The quantitative estimate of drug-likeness (QED) is 0.626. The van der Waals surface area contributed by atoms with Gasteiger partial charge < -0.3 is 0 Å². The van der Waals surface area contributed by atoms with Gasteiger partial charge in [0.05, 0.1) is 4.83 Å². The summed E-state index contributed by atoms with van der Waals surface area (Å²) >= 11 is 15.5. The molecular formula is C13H8BrCl2F. The van der Waals surface area contributed by atoms with Crippen LogP contribution in [0.3, 0.4) is 0 Å². The monoisotopic (exact) mass is 332 g/mol. The van der Waals surface area contributed by atoms with Gasteiger partial charge in [-0.15, -0.1) is 0 Å². The second-order valence-corrected chi connectivity index (χ2v) is 5.34. The predicted octanol–water partition coefficient (Wildman–Crippen LogP) is 5.62. The summed E-state index contributed by atoms with van der Waals surface area (Å²) in [5.41, 5.74) is 1.85. The Hall–Kier alpha value is -0.570. The highest BCUT2D eigenvalue weighted by Gasteiger charge is 2.13. The van der Waals surface area contributed by atoms with Crippen molar-refractivity contribution in [1.29, 1.82) is 0 Å². The molecule has 0 aliphatic heterocycles. The number of hydrogen-bond donors (Lipinski definition) is 0. The van der Waals surface area contributed by atoms with E-state index in [9.17, 15) is 4.39 Å². The van der Waals surface area contributed by atoms with Gasteiger partial charge in [-0.3, -0.25) is 0 Å². The van der Waals surface area contributed by atoms with E-state index in [1.54, 1.807) is 24.3 Å². The highest BCUT2D eigenvalue weighted by Crippen LogP contribution is 2.36. The molecule has 0 saturated carbocycles. The minimum Gasteiger partial charge on any atom is -0.207 e. The van der Waals surface area contributed by atoms with Gasteiger partial charge in [-0.1, -0.05) is 57.3 Å². The van der Waals surface area contributed by atoms with Crippen LogP contribution in [0, 0.1) is 5.82 Å². The number of alkyl halides is 1. The van der Waals surface area contributed by atoms with Crippen LogP contribution in [-0.4, -0.2) is 0 Å². The summed E-state index contributed by atoms with van der Waals surface area (Å²) < 4.78 is 12.8. The molecule has 0 aliphatic carbocycles. The van der Waals surface area contributed by atoms with Crippen molar-refractivity contribution in [3.8, 4) is 0 Å². The lowest BCUT2D eigenvalue weighted by atomic mass is 10.0. The summed E-state index contributed by atoms with van der Waals surface area (Å²) in [7, 11) is 0. The summed E-state index contributed by atoms with van der Waals surface area (Å²) in [5, 5.41) is 1.18. The fourth-order valence-corrected chi connectivity index (χ4v) is 2.87. The van der Waals surface area contributed by atoms with Gasteiger partial charge in [0.15, 0.2) is 0 Å². The van der Waals surface area contributed by atoms with E-state index in [4.69, 9.17) is 23.2 Å². The van der Waals surface area contributed by atoms with Crippen LogP contribution in [0.2, 0.25) is 10.0 Å². The van der Waals surface area contributed by atoms with Gasteiger partial charge >= 0.3 is 0 Å². The summed E-state index contributed by atoms with van der Waals surface area (Å²) in [6, 6.07) is 11.6. The standard InChI is InChI=1S/C13H8BrCl2F/c14-13(8-1-4-10(17)5-2-8)11-6-3-9(15)7-12(11)16/h1-7,13H. The minimum absolute atomic E-state index is 0.0760. The Morgan fingerprint density at radius 2 is 1.65 bits per heavy atom. The molecule has 17 heavy (non-hydrogen) atoms. The van der Waals surface area contributed by atoms with Crippen LogP contribution in [0.5, 0.6) is 0 Å². The average molecular weight is 334 g/mol. The maximum atomic E-state index is 12.8. The van der Waals surface area contributed by atoms with Gasteiger partial charge in [-0.05, 0) is 35.4 Å². The number of rotatable bonds is 2. The molecule has 4 heteroatoms. The average Bonchev–Trinajstić information content (AvgIpc) is 2.29. The molecule has 0 aromatic heterocycles. The fraction of sp³-hybridized carbons (Fsp3) is 0.0769. The number of hydrogen-bond acceptors (Lipinski definition) is 0. The van der Waals surface area contributed by atoms with Crippen molar-refractivity contribution in [3.63, 3.8) is 0 Å².